The molecule has 1 aliphatic rings. The van der Waals surface area contributed by atoms with E-state index in [1.54, 1.807) is 12.4 Å². The van der Waals surface area contributed by atoms with Crippen LogP contribution in [0.25, 0.3) is 0 Å². The number of aliphatic hydroxyl groups is 1. The van der Waals surface area contributed by atoms with E-state index in [0.717, 1.165) is 37.1 Å². The Morgan fingerprint density at radius 2 is 2.06 bits per heavy atom. The predicted octanol–water partition coefficient (Wildman–Crippen LogP) is 2.09. The van der Waals surface area contributed by atoms with Crippen molar-refractivity contribution in [3.05, 3.63) is 47.8 Å². The van der Waals surface area contributed by atoms with Crippen LogP contribution < -0.4 is 0 Å². The number of fused-ring (bicyclic) bond motifs is 1. The molecule has 0 radical (unpaired) electrons. The fraction of sp³-hybridized carbons (Fsp3) is 0.429. The van der Waals surface area contributed by atoms with E-state index in [-0.39, 0.29) is 6.10 Å². The maximum atomic E-state index is 10.1. The number of hydrogen-bond acceptors (Lipinski definition) is 3. The summed E-state index contributed by atoms with van der Waals surface area (Å²) in [4.78, 5) is 8.45. The summed E-state index contributed by atoms with van der Waals surface area (Å²) >= 11 is 0. The third-order valence-electron chi connectivity index (χ3n) is 3.47. The second kappa shape index (κ2) is 4.90. The van der Waals surface area contributed by atoms with Crippen LogP contribution in [0.1, 0.15) is 42.3 Å². The van der Waals surface area contributed by atoms with Crippen LogP contribution in [-0.4, -0.2) is 19.6 Å². The first kappa shape index (κ1) is 11.4. The third kappa shape index (κ3) is 2.29. The summed E-state index contributed by atoms with van der Waals surface area (Å²) in [5, 5.41) is 10.1. The van der Waals surface area contributed by atoms with E-state index in [1.807, 2.05) is 12.3 Å². The molecule has 0 aliphatic heterocycles. The molecule has 2 heterocycles. The zero-order valence-electron chi connectivity index (χ0n) is 10.3. The molecule has 0 bridgehead atoms. The van der Waals surface area contributed by atoms with Gasteiger partial charge >= 0.3 is 0 Å². The molecule has 4 nitrogen and oxygen atoms in total. The second-order valence-corrected chi connectivity index (χ2v) is 4.84. The molecule has 1 unspecified atom stereocenters. The number of rotatable bonds is 2. The molecule has 3 rings (SSSR count). The second-order valence-electron chi connectivity index (χ2n) is 4.84. The fourth-order valence-electron chi connectivity index (χ4n) is 2.56. The Labute approximate surface area is 106 Å². The van der Waals surface area contributed by atoms with Gasteiger partial charge in [0.2, 0.25) is 0 Å². The monoisotopic (exact) mass is 243 g/mol. The number of aryl methyl sites for hydroxylation is 1. The average molecular weight is 243 g/mol. The van der Waals surface area contributed by atoms with Crippen LogP contribution in [0.4, 0.5) is 0 Å². The summed E-state index contributed by atoms with van der Waals surface area (Å²) < 4.78 is 2.08. The Balaban J connectivity index is 1.85. The van der Waals surface area contributed by atoms with Gasteiger partial charge in [0.1, 0.15) is 5.82 Å². The van der Waals surface area contributed by atoms with Crippen molar-refractivity contribution in [3.63, 3.8) is 0 Å². The van der Waals surface area contributed by atoms with Crippen molar-refractivity contribution in [2.45, 2.75) is 38.3 Å². The highest BCUT2D eigenvalue weighted by atomic mass is 16.3. The lowest BCUT2D eigenvalue weighted by Crippen LogP contribution is -2.01. The van der Waals surface area contributed by atoms with Crippen LogP contribution in [0.15, 0.2) is 30.9 Å². The van der Waals surface area contributed by atoms with E-state index < -0.39 is 0 Å². The van der Waals surface area contributed by atoms with Gasteiger partial charge in [0.15, 0.2) is 0 Å². The van der Waals surface area contributed by atoms with Gasteiger partial charge in [-0.3, -0.25) is 0 Å². The summed E-state index contributed by atoms with van der Waals surface area (Å²) in [6, 6.07) is 1.82. The molecule has 1 N–H and O–H groups in total. The third-order valence-corrected chi connectivity index (χ3v) is 3.47. The number of hydrogen-bond donors (Lipinski definition) is 1. The molecule has 1 atom stereocenters. The van der Waals surface area contributed by atoms with Crippen LogP contribution >= 0.6 is 0 Å². The molecule has 2 aromatic heterocycles. The van der Waals surface area contributed by atoms with Crippen molar-refractivity contribution in [3.8, 4) is 0 Å². The Bertz CT molecular complexity index is 521. The van der Waals surface area contributed by atoms with Crippen LogP contribution in [0.2, 0.25) is 0 Å². The molecule has 94 valence electrons. The number of nitrogens with zero attached hydrogens (tertiary/aromatic N) is 3. The van der Waals surface area contributed by atoms with Gasteiger partial charge in [-0.1, -0.05) is 6.42 Å². The maximum absolute atomic E-state index is 10.1. The van der Waals surface area contributed by atoms with Crippen molar-refractivity contribution in [2.24, 2.45) is 0 Å². The lowest BCUT2D eigenvalue weighted by Gasteiger charge is -2.06. The van der Waals surface area contributed by atoms with E-state index in [2.05, 4.69) is 20.7 Å². The summed E-state index contributed by atoms with van der Waals surface area (Å²) in [5.41, 5.74) is 2.36. The Morgan fingerprint density at radius 3 is 2.89 bits per heavy atom. The molecule has 2 aromatic rings. The molecule has 1 aliphatic carbocycles. The Morgan fingerprint density at radius 1 is 1.22 bits per heavy atom. The van der Waals surface area contributed by atoms with Crippen molar-refractivity contribution >= 4 is 0 Å². The van der Waals surface area contributed by atoms with E-state index in [0.29, 0.717) is 6.54 Å². The summed E-state index contributed by atoms with van der Waals surface area (Å²) in [7, 11) is 0. The molecule has 0 amide bonds. The SMILES string of the molecule is OC1CCCCc2cn(Cc3ncccn3)cc21. The van der Waals surface area contributed by atoms with Gasteiger partial charge in [-0.15, -0.1) is 0 Å². The molecule has 4 heteroatoms. The Hall–Kier alpha value is -1.68. The minimum atomic E-state index is -0.305. The lowest BCUT2D eigenvalue weighted by atomic mass is 10.1. The maximum Gasteiger partial charge on any atom is 0.147 e. The first-order valence-corrected chi connectivity index (χ1v) is 6.45. The molecule has 0 aromatic carbocycles. The molecular formula is C14H17N3O. The van der Waals surface area contributed by atoms with E-state index in [9.17, 15) is 5.11 Å². The van der Waals surface area contributed by atoms with Gasteiger partial charge in [-0.05, 0) is 30.9 Å². The largest absolute Gasteiger partial charge is 0.388 e. The molecule has 0 fully saturated rings. The highest BCUT2D eigenvalue weighted by Gasteiger charge is 2.18. The van der Waals surface area contributed by atoms with E-state index in [4.69, 9.17) is 0 Å². The zero-order chi connectivity index (χ0) is 12.4. The summed E-state index contributed by atoms with van der Waals surface area (Å²) in [6.07, 6.45) is 11.6. The van der Waals surface area contributed by atoms with Gasteiger partial charge in [0.05, 0.1) is 12.6 Å². The minimum absolute atomic E-state index is 0.305. The van der Waals surface area contributed by atoms with Gasteiger partial charge < -0.3 is 9.67 Å². The topological polar surface area (TPSA) is 50.9 Å². The van der Waals surface area contributed by atoms with Crippen molar-refractivity contribution < 1.29 is 5.11 Å². The predicted molar refractivity (Wildman–Crippen MR) is 68.1 cm³/mol. The fourth-order valence-corrected chi connectivity index (χ4v) is 2.56. The Kier molecular flexibility index (Phi) is 3.11. The van der Waals surface area contributed by atoms with Crippen molar-refractivity contribution in [2.75, 3.05) is 0 Å². The van der Waals surface area contributed by atoms with Crippen molar-refractivity contribution in [1.29, 1.82) is 0 Å². The number of aliphatic hydroxyl groups excluding tert-OH is 1. The standard InChI is InChI=1S/C14H17N3O/c18-13-5-2-1-4-11-8-17(9-12(11)13)10-14-15-6-3-7-16-14/h3,6-9,13,18H,1-2,4-5,10H2. The minimum Gasteiger partial charge on any atom is -0.388 e. The van der Waals surface area contributed by atoms with Crippen molar-refractivity contribution in [1.82, 2.24) is 14.5 Å². The van der Waals surface area contributed by atoms with Gasteiger partial charge in [-0.2, -0.15) is 0 Å². The molecule has 0 spiro atoms. The van der Waals surface area contributed by atoms with Gasteiger partial charge in [0, 0.05) is 30.4 Å². The van der Waals surface area contributed by atoms with Gasteiger partial charge in [0.25, 0.3) is 0 Å². The van der Waals surface area contributed by atoms with Crippen LogP contribution in [0.3, 0.4) is 0 Å². The lowest BCUT2D eigenvalue weighted by molar-refractivity contribution is 0.166. The highest BCUT2D eigenvalue weighted by Crippen LogP contribution is 2.29. The van der Waals surface area contributed by atoms with E-state index >= 15 is 0 Å². The average Bonchev–Trinajstić information content (AvgIpc) is 2.71. The highest BCUT2D eigenvalue weighted by molar-refractivity contribution is 5.28. The summed E-state index contributed by atoms with van der Waals surface area (Å²) in [5.74, 6) is 0.803. The zero-order valence-corrected chi connectivity index (χ0v) is 10.3. The quantitative estimate of drug-likeness (QED) is 0.822. The number of aromatic nitrogens is 3. The van der Waals surface area contributed by atoms with E-state index in [1.165, 1.54) is 5.56 Å². The molecule has 18 heavy (non-hydrogen) atoms. The summed E-state index contributed by atoms with van der Waals surface area (Å²) in [6.45, 7) is 0.667. The first-order valence-electron chi connectivity index (χ1n) is 6.45. The molecular weight excluding hydrogens is 226 g/mol. The van der Waals surface area contributed by atoms with Gasteiger partial charge in [-0.25, -0.2) is 9.97 Å². The van der Waals surface area contributed by atoms with Crippen LogP contribution in [-0.2, 0) is 13.0 Å². The molecule has 0 saturated heterocycles. The first-order chi connectivity index (χ1) is 8.83. The van der Waals surface area contributed by atoms with Crippen LogP contribution in [0, 0.1) is 0 Å². The smallest absolute Gasteiger partial charge is 0.147 e. The molecule has 0 saturated carbocycles. The van der Waals surface area contributed by atoms with Crippen LogP contribution in [0.5, 0.6) is 0 Å². The normalized spacial score (nSPS) is 19.3.